The molecule has 100 valence electrons. The first-order valence-electron chi connectivity index (χ1n) is 6.73. The SMILES string of the molecule is CC(C)N1CC[C@H](O[C@H]2CCCC(F)(F)C2)C1. The van der Waals surface area contributed by atoms with Crippen LogP contribution in [0.15, 0.2) is 0 Å². The summed E-state index contributed by atoms with van der Waals surface area (Å²) in [6.07, 6.45) is 2.28. The van der Waals surface area contributed by atoms with Crippen LogP contribution in [0.2, 0.25) is 0 Å². The van der Waals surface area contributed by atoms with E-state index in [1.54, 1.807) is 0 Å². The molecule has 2 atom stereocenters. The lowest BCUT2D eigenvalue weighted by Gasteiger charge is -2.31. The Kier molecular flexibility index (Phi) is 4.03. The van der Waals surface area contributed by atoms with Crippen molar-refractivity contribution in [3.63, 3.8) is 0 Å². The van der Waals surface area contributed by atoms with Crippen LogP contribution in [0.5, 0.6) is 0 Å². The maximum absolute atomic E-state index is 13.2. The van der Waals surface area contributed by atoms with Crippen LogP contribution < -0.4 is 0 Å². The minimum Gasteiger partial charge on any atom is -0.373 e. The second-order valence-electron chi connectivity index (χ2n) is 5.71. The monoisotopic (exact) mass is 247 g/mol. The molecule has 17 heavy (non-hydrogen) atoms. The van der Waals surface area contributed by atoms with E-state index in [9.17, 15) is 8.78 Å². The first kappa shape index (κ1) is 13.2. The van der Waals surface area contributed by atoms with Gasteiger partial charge in [0.2, 0.25) is 0 Å². The number of alkyl halides is 2. The fraction of sp³-hybridized carbons (Fsp3) is 1.00. The van der Waals surface area contributed by atoms with Crippen LogP contribution in [-0.2, 0) is 4.74 Å². The molecule has 0 unspecified atom stereocenters. The van der Waals surface area contributed by atoms with E-state index in [4.69, 9.17) is 4.74 Å². The summed E-state index contributed by atoms with van der Waals surface area (Å²) < 4.78 is 32.3. The number of ether oxygens (including phenoxy) is 1. The predicted octanol–water partition coefficient (Wildman–Crippen LogP) is 3.06. The normalized spacial score (nSPS) is 34.4. The van der Waals surface area contributed by atoms with Gasteiger partial charge in [-0.1, -0.05) is 0 Å². The van der Waals surface area contributed by atoms with Crippen molar-refractivity contribution in [2.24, 2.45) is 0 Å². The maximum atomic E-state index is 13.2. The Labute approximate surface area is 102 Å². The largest absolute Gasteiger partial charge is 0.373 e. The van der Waals surface area contributed by atoms with Crippen molar-refractivity contribution in [1.82, 2.24) is 4.90 Å². The Morgan fingerprint density at radius 1 is 1.24 bits per heavy atom. The van der Waals surface area contributed by atoms with E-state index in [1.807, 2.05) is 0 Å². The van der Waals surface area contributed by atoms with Gasteiger partial charge in [-0.2, -0.15) is 0 Å². The Morgan fingerprint density at radius 3 is 2.59 bits per heavy atom. The van der Waals surface area contributed by atoms with Crippen LogP contribution in [0.3, 0.4) is 0 Å². The standard InChI is InChI=1S/C13H23F2NO/c1-10(2)16-7-5-12(9-16)17-11-4-3-6-13(14,15)8-11/h10-12H,3-9H2,1-2H3/t11-,12-/m0/s1. The number of hydrogen-bond donors (Lipinski definition) is 0. The van der Waals surface area contributed by atoms with Gasteiger partial charge in [-0.15, -0.1) is 0 Å². The third-order valence-electron chi connectivity index (χ3n) is 3.89. The van der Waals surface area contributed by atoms with Crippen molar-refractivity contribution in [2.75, 3.05) is 13.1 Å². The topological polar surface area (TPSA) is 12.5 Å². The third kappa shape index (κ3) is 3.62. The minimum absolute atomic E-state index is 0.0373. The summed E-state index contributed by atoms with van der Waals surface area (Å²) in [5.74, 6) is -2.50. The van der Waals surface area contributed by atoms with E-state index in [2.05, 4.69) is 18.7 Å². The summed E-state index contributed by atoms with van der Waals surface area (Å²) in [5, 5.41) is 0. The summed E-state index contributed by atoms with van der Waals surface area (Å²) in [7, 11) is 0. The summed E-state index contributed by atoms with van der Waals surface area (Å²) >= 11 is 0. The second kappa shape index (κ2) is 5.19. The van der Waals surface area contributed by atoms with Gasteiger partial charge < -0.3 is 4.74 Å². The smallest absolute Gasteiger partial charge is 0.250 e. The van der Waals surface area contributed by atoms with E-state index in [1.165, 1.54) is 0 Å². The molecule has 1 aliphatic heterocycles. The molecule has 0 radical (unpaired) electrons. The number of rotatable bonds is 3. The van der Waals surface area contributed by atoms with Crippen LogP contribution in [0.25, 0.3) is 0 Å². The van der Waals surface area contributed by atoms with Gasteiger partial charge in [0.05, 0.1) is 12.2 Å². The van der Waals surface area contributed by atoms with E-state index >= 15 is 0 Å². The Hall–Kier alpha value is -0.220. The van der Waals surface area contributed by atoms with Crippen LogP contribution in [0, 0.1) is 0 Å². The number of halogens is 2. The third-order valence-corrected chi connectivity index (χ3v) is 3.89. The highest BCUT2D eigenvalue weighted by Crippen LogP contribution is 2.35. The highest BCUT2D eigenvalue weighted by atomic mass is 19.3. The minimum atomic E-state index is -2.50. The Bertz CT molecular complexity index is 258. The summed E-state index contributed by atoms with van der Waals surface area (Å²) in [6, 6.07) is 0.524. The number of nitrogens with zero attached hydrogens (tertiary/aromatic N) is 1. The van der Waals surface area contributed by atoms with Crippen molar-refractivity contribution in [1.29, 1.82) is 0 Å². The van der Waals surface area contributed by atoms with E-state index in [0.717, 1.165) is 25.9 Å². The zero-order chi connectivity index (χ0) is 12.5. The van der Waals surface area contributed by atoms with Gasteiger partial charge >= 0.3 is 0 Å². The van der Waals surface area contributed by atoms with E-state index in [0.29, 0.717) is 12.5 Å². The number of hydrogen-bond acceptors (Lipinski definition) is 2. The van der Waals surface area contributed by atoms with Crippen LogP contribution in [0.1, 0.15) is 46.0 Å². The van der Waals surface area contributed by atoms with E-state index < -0.39 is 5.92 Å². The van der Waals surface area contributed by atoms with Gasteiger partial charge in [-0.05, 0) is 33.1 Å². The van der Waals surface area contributed by atoms with Crippen LogP contribution >= 0.6 is 0 Å². The Balaban J connectivity index is 1.78. The maximum Gasteiger partial charge on any atom is 0.250 e. The second-order valence-corrected chi connectivity index (χ2v) is 5.71. The molecule has 1 aliphatic carbocycles. The summed E-state index contributed by atoms with van der Waals surface area (Å²) in [6.45, 7) is 6.26. The molecule has 2 rings (SSSR count). The fourth-order valence-electron chi connectivity index (χ4n) is 2.85. The van der Waals surface area contributed by atoms with Gasteiger partial charge in [0.1, 0.15) is 0 Å². The lowest BCUT2D eigenvalue weighted by molar-refractivity contribution is -0.113. The van der Waals surface area contributed by atoms with Gasteiger partial charge in [0.25, 0.3) is 5.92 Å². The zero-order valence-corrected chi connectivity index (χ0v) is 10.8. The molecular formula is C13H23F2NO. The van der Waals surface area contributed by atoms with Crippen molar-refractivity contribution in [2.45, 2.75) is 70.1 Å². The van der Waals surface area contributed by atoms with E-state index in [-0.39, 0.29) is 25.0 Å². The molecule has 1 saturated heterocycles. The zero-order valence-electron chi connectivity index (χ0n) is 10.8. The lowest BCUT2D eigenvalue weighted by Crippen LogP contribution is -2.35. The molecule has 1 heterocycles. The predicted molar refractivity (Wildman–Crippen MR) is 63.4 cm³/mol. The van der Waals surface area contributed by atoms with Crippen LogP contribution in [-0.4, -0.2) is 42.2 Å². The molecule has 0 N–H and O–H groups in total. The average molecular weight is 247 g/mol. The van der Waals surface area contributed by atoms with Gasteiger partial charge in [0.15, 0.2) is 0 Å². The van der Waals surface area contributed by atoms with Crippen molar-refractivity contribution < 1.29 is 13.5 Å². The van der Waals surface area contributed by atoms with Crippen molar-refractivity contribution in [3.8, 4) is 0 Å². The molecule has 2 fully saturated rings. The molecular weight excluding hydrogens is 224 g/mol. The summed E-state index contributed by atoms with van der Waals surface area (Å²) in [4.78, 5) is 2.35. The number of likely N-dealkylation sites (tertiary alicyclic amines) is 1. The molecule has 0 aromatic heterocycles. The molecule has 0 amide bonds. The average Bonchev–Trinajstić information content (AvgIpc) is 2.64. The highest BCUT2D eigenvalue weighted by Gasteiger charge is 2.38. The molecule has 0 aromatic carbocycles. The molecule has 4 heteroatoms. The molecule has 2 aliphatic rings. The molecule has 1 saturated carbocycles. The van der Waals surface area contributed by atoms with Crippen LogP contribution in [0.4, 0.5) is 8.78 Å². The molecule has 0 aromatic rings. The molecule has 0 spiro atoms. The molecule has 2 nitrogen and oxygen atoms in total. The Morgan fingerprint density at radius 2 is 2.00 bits per heavy atom. The fourth-order valence-corrected chi connectivity index (χ4v) is 2.85. The van der Waals surface area contributed by atoms with Crippen molar-refractivity contribution in [3.05, 3.63) is 0 Å². The first-order chi connectivity index (χ1) is 7.96. The van der Waals surface area contributed by atoms with Gasteiger partial charge in [-0.25, -0.2) is 8.78 Å². The van der Waals surface area contributed by atoms with Gasteiger partial charge in [0, 0.05) is 32.0 Å². The molecule has 0 bridgehead atoms. The lowest BCUT2D eigenvalue weighted by atomic mass is 9.94. The van der Waals surface area contributed by atoms with Crippen molar-refractivity contribution >= 4 is 0 Å². The van der Waals surface area contributed by atoms with Gasteiger partial charge in [-0.3, -0.25) is 4.90 Å². The first-order valence-corrected chi connectivity index (χ1v) is 6.73. The summed E-state index contributed by atoms with van der Waals surface area (Å²) in [5.41, 5.74) is 0. The quantitative estimate of drug-likeness (QED) is 0.760. The highest BCUT2D eigenvalue weighted by molar-refractivity contribution is 4.83.